The molecule has 0 radical (unpaired) electrons. The Morgan fingerprint density at radius 3 is 2.88 bits per heavy atom. The van der Waals surface area contributed by atoms with E-state index in [0.29, 0.717) is 17.3 Å². The van der Waals surface area contributed by atoms with Crippen LogP contribution in [-0.4, -0.2) is 40.5 Å². The molecule has 160 valence electrons. The molecule has 9 nitrogen and oxygen atoms in total. The molecule has 6 aromatic rings. The molecule has 10 heteroatoms. The van der Waals surface area contributed by atoms with Gasteiger partial charge in [-0.1, -0.05) is 16.6 Å². The van der Waals surface area contributed by atoms with Crippen molar-refractivity contribution in [3.63, 3.8) is 0 Å². The van der Waals surface area contributed by atoms with Crippen molar-refractivity contribution in [3.8, 4) is 11.4 Å². The van der Waals surface area contributed by atoms with Crippen LogP contribution in [0.2, 0.25) is 0 Å². The minimum absolute atomic E-state index is 0.00385. The van der Waals surface area contributed by atoms with Crippen LogP contribution in [-0.2, 0) is 6.42 Å². The molecule has 0 spiro atoms. The van der Waals surface area contributed by atoms with E-state index in [4.69, 9.17) is 0 Å². The summed E-state index contributed by atoms with van der Waals surface area (Å²) in [6.07, 6.45) is 5.40. The first-order chi connectivity index (χ1) is 16.2. The lowest BCUT2D eigenvalue weighted by Crippen LogP contribution is -2.02. The number of benzene rings is 2. The zero-order chi connectivity index (χ0) is 22.2. The Balaban J connectivity index is 1.26. The van der Waals surface area contributed by atoms with E-state index >= 15 is 0 Å². The number of hydrogen-bond acceptors (Lipinski definition) is 8. The number of aromatic amines is 2. The predicted octanol–water partition coefficient (Wildman–Crippen LogP) is 4.52. The summed E-state index contributed by atoms with van der Waals surface area (Å²) in [5.74, 6) is 1.27. The zero-order valence-electron chi connectivity index (χ0n) is 17.1. The normalized spacial score (nSPS) is 11.3. The number of carbonyl (C=O) groups is 1. The number of ketones is 1. The van der Waals surface area contributed by atoms with E-state index in [2.05, 4.69) is 40.1 Å². The third-order valence-corrected chi connectivity index (χ3v) is 5.95. The number of rotatable bonds is 6. The maximum atomic E-state index is 12.6. The van der Waals surface area contributed by atoms with Crippen LogP contribution in [0.25, 0.3) is 33.2 Å². The summed E-state index contributed by atoms with van der Waals surface area (Å²) in [5, 5.41) is 16.1. The standard InChI is InChI=1S/C23H16N8OS/c32-21(10-17-12-26-31-33-17)20-8-13-1-2-14(9-19(13)28-20)23-24-6-5-22(29-23)27-16-3-4-18-15(7-16)11-25-30-18/h1-9,11-12,28H,10H2,(H,25,30)(H,24,27,29). The third-order valence-electron chi connectivity index (χ3n) is 5.29. The molecule has 0 aliphatic heterocycles. The van der Waals surface area contributed by atoms with Crippen molar-refractivity contribution in [2.24, 2.45) is 0 Å². The van der Waals surface area contributed by atoms with Gasteiger partial charge in [-0.25, -0.2) is 9.97 Å². The average molecular weight is 453 g/mol. The Hall–Kier alpha value is -4.44. The van der Waals surface area contributed by atoms with Gasteiger partial charge in [0.1, 0.15) is 5.82 Å². The van der Waals surface area contributed by atoms with Gasteiger partial charge in [-0.15, -0.1) is 5.10 Å². The summed E-state index contributed by atoms with van der Waals surface area (Å²) in [4.78, 5) is 25.8. The summed E-state index contributed by atoms with van der Waals surface area (Å²) < 4.78 is 3.81. The summed E-state index contributed by atoms with van der Waals surface area (Å²) in [5.41, 5.74) is 4.15. The summed E-state index contributed by atoms with van der Waals surface area (Å²) in [7, 11) is 0. The first-order valence-electron chi connectivity index (χ1n) is 10.2. The van der Waals surface area contributed by atoms with Crippen LogP contribution in [0.1, 0.15) is 15.4 Å². The van der Waals surface area contributed by atoms with Crippen molar-refractivity contribution in [2.75, 3.05) is 5.32 Å². The van der Waals surface area contributed by atoms with Gasteiger partial charge in [0.25, 0.3) is 0 Å². The van der Waals surface area contributed by atoms with Crippen LogP contribution in [0.3, 0.4) is 0 Å². The number of fused-ring (bicyclic) bond motifs is 2. The van der Waals surface area contributed by atoms with E-state index < -0.39 is 0 Å². The Bertz CT molecular complexity index is 1600. The molecule has 2 aromatic carbocycles. The highest BCUT2D eigenvalue weighted by Gasteiger charge is 2.13. The van der Waals surface area contributed by atoms with Gasteiger partial charge in [0.2, 0.25) is 0 Å². The molecule has 0 aliphatic rings. The van der Waals surface area contributed by atoms with Crippen molar-refractivity contribution in [1.82, 2.24) is 34.7 Å². The minimum Gasteiger partial charge on any atom is -0.352 e. The van der Waals surface area contributed by atoms with Crippen LogP contribution in [0, 0.1) is 0 Å². The molecule has 6 rings (SSSR count). The monoisotopic (exact) mass is 452 g/mol. The van der Waals surface area contributed by atoms with E-state index in [1.807, 2.05) is 48.5 Å². The number of aromatic nitrogens is 7. The largest absolute Gasteiger partial charge is 0.352 e. The average Bonchev–Trinajstić information content (AvgIpc) is 3.59. The molecule has 0 bridgehead atoms. The molecular formula is C23H16N8OS. The number of H-pyrrole nitrogens is 2. The van der Waals surface area contributed by atoms with Gasteiger partial charge in [0, 0.05) is 33.7 Å². The molecule has 0 saturated carbocycles. The molecule has 0 unspecified atom stereocenters. The van der Waals surface area contributed by atoms with E-state index in [9.17, 15) is 4.79 Å². The molecule has 4 aromatic heterocycles. The van der Waals surface area contributed by atoms with Crippen molar-refractivity contribution < 1.29 is 4.79 Å². The van der Waals surface area contributed by atoms with E-state index in [-0.39, 0.29) is 12.2 Å². The number of anilines is 2. The molecule has 0 saturated heterocycles. The molecule has 33 heavy (non-hydrogen) atoms. The Kier molecular flexibility index (Phi) is 4.62. The van der Waals surface area contributed by atoms with Crippen LogP contribution in [0.4, 0.5) is 11.5 Å². The predicted molar refractivity (Wildman–Crippen MR) is 127 cm³/mol. The van der Waals surface area contributed by atoms with Crippen molar-refractivity contribution in [2.45, 2.75) is 6.42 Å². The first kappa shape index (κ1) is 19.3. The van der Waals surface area contributed by atoms with E-state index in [0.717, 1.165) is 37.9 Å². The number of carbonyl (C=O) groups excluding carboxylic acids is 1. The quantitative estimate of drug-likeness (QED) is 0.317. The summed E-state index contributed by atoms with van der Waals surface area (Å²) >= 11 is 1.23. The highest BCUT2D eigenvalue weighted by atomic mass is 32.1. The first-order valence-corrected chi connectivity index (χ1v) is 10.9. The van der Waals surface area contributed by atoms with Crippen molar-refractivity contribution >= 4 is 50.6 Å². The van der Waals surface area contributed by atoms with E-state index in [1.165, 1.54) is 11.5 Å². The Morgan fingerprint density at radius 1 is 1.00 bits per heavy atom. The lowest BCUT2D eigenvalue weighted by Gasteiger charge is -2.07. The number of nitrogens with one attached hydrogen (secondary N) is 3. The molecule has 0 atom stereocenters. The fraction of sp³-hybridized carbons (Fsp3) is 0.0435. The topological polar surface area (TPSA) is 125 Å². The summed E-state index contributed by atoms with van der Waals surface area (Å²) in [6, 6.07) is 15.5. The van der Waals surface area contributed by atoms with Crippen LogP contribution in [0.15, 0.2) is 67.1 Å². The van der Waals surface area contributed by atoms with Gasteiger partial charge in [0.05, 0.1) is 34.9 Å². The SMILES string of the molecule is O=C(Cc1cnns1)c1cc2ccc(-c3nccc(Nc4ccc5[nH]ncc5c4)n3)cc2[nH]1. The number of hydrogen-bond donors (Lipinski definition) is 3. The van der Waals surface area contributed by atoms with Crippen LogP contribution < -0.4 is 5.32 Å². The molecular weight excluding hydrogens is 436 g/mol. The van der Waals surface area contributed by atoms with Gasteiger partial charge in [-0.05, 0) is 47.9 Å². The molecule has 0 amide bonds. The van der Waals surface area contributed by atoms with Crippen molar-refractivity contribution in [3.05, 3.63) is 77.7 Å². The highest BCUT2D eigenvalue weighted by molar-refractivity contribution is 7.05. The van der Waals surface area contributed by atoms with Gasteiger partial charge >= 0.3 is 0 Å². The van der Waals surface area contributed by atoms with Crippen molar-refractivity contribution in [1.29, 1.82) is 0 Å². The molecule has 3 N–H and O–H groups in total. The van der Waals surface area contributed by atoms with E-state index in [1.54, 1.807) is 18.6 Å². The number of Topliss-reactive ketones (excluding diaryl/α,β-unsaturated/α-hetero) is 1. The van der Waals surface area contributed by atoms with Gasteiger partial charge in [0.15, 0.2) is 11.6 Å². The Morgan fingerprint density at radius 2 is 1.97 bits per heavy atom. The Labute approximate surface area is 191 Å². The fourth-order valence-corrected chi connectivity index (χ4v) is 4.16. The maximum absolute atomic E-state index is 12.6. The number of nitrogens with zero attached hydrogens (tertiary/aromatic N) is 5. The molecule has 0 fully saturated rings. The summed E-state index contributed by atoms with van der Waals surface area (Å²) in [6.45, 7) is 0. The lowest BCUT2D eigenvalue weighted by atomic mass is 10.1. The second-order valence-electron chi connectivity index (χ2n) is 7.53. The van der Waals surface area contributed by atoms with Gasteiger partial charge in [-0.2, -0.15) is 5.10 Å². The van der Waals surface area contributed by atoms with Crippen LogP contribution in [0.5, 0.6) is 0 Å². The smallest absolute Gasteiger partial charge is 0.184 e. The minimum atomic E-state index is -0.00385. The van der Waals surface area contributed by atoms with Gasteiger partial charge in [-0.3, -0.25) is 9.89 Å². The van der Waals surface area contributed by atoms with Gasteiger partial charge < -0.3 is 10.3 Å². The molecule has 4 heterocycles. The third kappa shape index (κ3) is 3.83. The lowest BCUT2D eigenvalue weighted by molar-refractivity contribution is 0.0990. The van der Waals surface area contributed by atoms with Crippen LogP contribution >= 0.6 is 11.5 Å². The zero-order valence-corrected chi connectivity index (χ0v) is 17.9. The maximum Gasteiger partial charge on any atom is 0.184 e. The highest BCUT2D eigenvalue weighted by Crippen LogP contribution is 2.25. The molecule has 0 aliphatic carbocycles. The second kappa shape index (κ2) is 7.92. The second-order valence-corrected chi connectivity index (χ2v) is 8.40. The fourth-order valence-electron chi connectivity index (χ4n) is 3.67.